The molecule has 30 heavy (non-hydrogen) atoms. The molecule has 0 unspecified atom stereocenters. The third-order valence-electron chi connectivity index (χ3n) is 5.83. The van der Waals surface area contributed by atoms with Crippen LogP contribution in [0.5, 0.6) is 0 Å². The van der Waals surface area contributed by atoms with Gasteiger partial charge in [0.2, 0.25) is 0 Å². The Hall–Kier alpha value is -3.26. The minimum absolute atomic E-state index is 0.232. The van der Waals surface area contributed by atoms with Crippen molar-refractivity contribution < 1.29 is 9.18 Å². The number of amides is 2. The summed E-state index contributed by atoms with van der Waals surface area (Å²) >= 11 is 0. The fourth-order valence-corrected chi connectivity index (χ4v) is 4.26. The number of halogens is 1. The molecule has 0 saturated carbocycles. The van der Waals surface area contributed by atoms with Crippen molar-refractivity contribution in [1.82, 2.24) is 24.8 Å². The molecule has 1 aromatic carbocycles. The molecule has 8 heteroatoms. The highest BCUT2D eigenvalue weighted by Crippen LogP contribution is 2.33. The molecule has 2 amide bonds. The minimum atomic E-state index is -0.373. The lowest BCUT2D eigenvalue weighted by atomic mass is 9.98. The Balaban J connectivity index is 1.38. The second kappa shape index (κ2) is 7.53. The molecule has 0 atom stereocenters. The van der Waals surface area contributed by atoms with Gasteiger partial charge in [-0.1, -0.05) is 12.1 Å². The fraction of sp³-hybridized carbons (Fsp3) is 0.318. The summed E-state index contributed by atoms with van der Waals surface area (Å²) < 4.78 is 13.4. The standard InChI is InChI=1S/C22H23FN6O/c1-28-8-7-18-17(12-28)19-20(24-13-25-21(19)27-18)14-5-9-29(10-6-14)22(30)26-16-4-2-3-15(23)11-16/h2-5,11,13H,6-10,12H2,1H3,(H,26,30)(H,24,25,27). The highest BCUT2D eigenvalue weighted by atomic mass is 19.1. The number of anilines is 1. The van der Waals surface area contributed by atoms with E-state index in [1.54, 1.807) is 23.4 Å². The van der Waals surface area contributed by atoms with Crippen molar-refractivity contribution in [3.05, 3.63) is 59.4 Å². The summed E-state index contributed by atoms with van der Waals surface area (Å²) in [7, 11) is 2.13. The van der Waals surface area contributed by atoms with E-state index in [4.69, 9.17) is 0 Å². The number of carbonyl (C=O) groups is 1. The van der Waals surface area contributed by atoms with E-state index < -0.39 is 0 Å². The van der Waals surface area contributed by atoms with Gasteiger partial charge < -0.3 is 20.1 Å². The van der Waals surface area contributed by atoms with Crippen molar-refractivity contribution in [2.75, 3.05) is 32.0 Å². The van der Waals surface area contributed by atoms with Crippen LogP contribution in [0.15, 0.2) is 36.7 Å². The van der Waals surface area contributed by atoms with Gasteiger partial charge in [0, 0.05) is 49.4 Å². The Labute approximate surface area is 173 Å². The van der Waals surface area contributed by atoms with Crippen LogP contribution >= 0.6 is 0 Å². The molecule has 2 N–H and O–H groups in total. The number of aromatic nitrogens is 3. The lowest BCUT2D eigenvalue weighted by Crippen LogP contribution is -2.38. The van der Waals surface area contributed by atoms with Crippen LogP contribution in [0.2, 0.25) is 0 Å². The predicted molar refractivity (Wildman–Crippen MR) is 114 cm³/mol. The van der Waals surface area contributed by atoms with Gasteiger partial charge in [-0.2, -0.15) is 0 Å². The second-order valence-corrected chi connectivity index (χ2v) is 7.88. The first-order chi connectivity index (χ1) is 14.6. The van der Waals surface area contributed by atoms with Gasteiger partial charge in [0.1, 0.15) is 17.8 Å². The Morgan fingerprint density at radius 3 is 2.93 bits per heavy atom. The molecule has 7 nitrogen and oxygen atoms in total. The molecule has 2 aliphatic rings. The van der Waals surface area contributed by atoms with Crippen LogP contribution in [0.4, 0.5) is 14.9 Å². The van der Waals surface area contributed by atoms with Crippen LogP contribution in [-0.4, -0.2) is 57.5 Å². The largest absolute Gasteiger partial charge is 0.343 e. The molecule has 5 rings (SSSR count). The summed E-state index contributed by atoms with van der Waals surface area (Å²) in [4.78, 5) is 29.1. The number of hydrogen-bond acceptors (Lipinski definition) is 4. The zero-order chi connectivity index (χ0) is 20.7. The smallest absolute Gasteiger partial charge is 0.322 e. The molecule has 0 aliphatic carbocycles. The monoisotopic (exact) mass is 406 g/mol. The Morgan fingerprint density at radius 2 is 2.13 bits per heavy atom. The Morgan fingerprint density at radius 1 is 1.23 bits per heavy atom. The van der Waals surface area contributed by atoms with Crippen molar-refractivity contribution in [3.63, 3.8) is 0 Å². The number of rotatable bonds is 2. The van der Waals surface area contributed by atoms with Crippen molar-refractivity contribution in [3.8, 4) is 0 Å². The number of nitrogens with zero attached hydrogens (tertiary/aromatic N) is 4. The number of aromatic amines is 1. The number of H-pyrrole nitrogens is 1. The van der Waals surface area contributed by atoms with Crippen LogP contribution in [0.1, 0.15) is 23.4 Å². The van der Waals surface area contributed by atoms with Gasteiger partial charge in [-0.15, -0.1) is 0 Å². The molecule has 0 bridgehead atoms. The number of urea groups is 1. The summed E-state index contributed by atoms with van der Waals surface area (Å²) in [5.74, 6) is -0.373. The molecule has 4 heterocycles. The molecule has 0 fully saturated rings. The summed E-state index contributed by atoms with van der Waals surface area (Å²) in [5, 5.41) is 3.86. The van der Waals surface area contributed by atoms with Gasteiger partial charge in [-0.25, -0.2) is 19.2 Å². The lowest BCUT2D eigenvalue weighted by Gasteiger charge is -2.27. The number of carbonyl (C=O) groups excluding carboxylic acids is 1. The molecule has 2 aromatic heterocycles. The highest BCUT2D eigenvalue weighted by Gasteiger charge is 2.25. The second-order valence-electron chi connectivity index (χ2n) is 7.88. The maximum Gasteiger partial charge on any atom is 0.322 e. The maximum absolute atomic E-state index is 13.4. The first-order valence-corrected chi connectivity index (χ1v) is 10.1. The highest BCUT2D eigenvalue weighted by molar-refractivity contribution is 5.93. The van der Waals surface area contributed by atoms with Crippen molar-refractivity contribution in [2.24, 2.45) is 0 Å². The topological polar surface area (TPSA) is 77.2 Å². The molecular weight excluding hydrogens is 383 g/mol. The summed E-state index contributed by atoms with van der Waals surface area (Å²) in [6.07, 6.45) is 5.35. The van der Waals surface area contributed by atoms with Crippen LogP contribution < -0.4 is 5.32 Å². The van der Waals surface area contributed by atoms with Crippen LogP contribution in [-0.2, 0) is 13.0 Å². The third kappa shape index (κ3) is 3.43. The van der Waals surface area contributed by atoms with E-state index in [0.29, 0.717) is 25.2 Å². The molecule has 3 aromatic rings. The lowest BCUT2D eigenvalue weighted by molar-refractivity contribution is 0.217. The Kier molecular flexibility index (Phi) is 4.71. The van der Waals surface area contributed by atoms with Gasteiger partial charge >= 0.3 is 6.03 Å². The first-order valence-electron chi connectivity index (χ1n) is 10.1. The Bertz CT molecular complexity index is 1150. The molecular formula is C22H23FN6O. The van der Waals surface area contributed by atoms with Crippen LogP contribution in [0.25, 0.3) is 16.6 Å². The number of benzene rings is 1. The fourth-order valence-electron chi connectivity index (χ4n) is 4.26. The first kappa shape index (κ1) is 18.7. The predicted octanol–water partition coefficient (Wildman–Crippen LogP) is 3.41. The van der Waals surface area contributed by atoms with Gasteiger partial charge in [0.15, 0.2) is 0 Å². The van der Waals surface area contributed by atoms with Gasteiger partial charge in [0.05, 0.1) is 5.69 Å². The normalized spacial score (nSPS) is 17.0. The average molecular weight is 406 g/mol. The van der Waals surface area contributed by atoms with Crippen molar-refractivity contribution >= 4 is 28.3 Å². The number of hydrogen-bond donors (Lipinski definition) is 2. The zero-order valence-electron chi connectivity index (χ0n) is 16.8. The van der Waals surface area contributed by atoms with E-state index in [0.717, 1.165) is 41.8 Å². The number of fused-ring (bicyclic) bond motifs is 3. The summed E-state index contributed by atoms with van der Waals surface area (Å²) in [6, 6.07) is 5.69. The molecule has 0 spiro atoms. The van der Waals surface area contributed by atoms with Crippen molar-refractivity contribution in [1.29, 1.82) is 0 Å². The van der Waals surface area contributed by atoms with E-state index in [1.807, 2.05) is 0 Å². The summed E-state index contributed by atoms with van der Waals surface area (Å²) in [5.41, 5.74) is 5.95. The SMILES string of the molecule is CN1CCc2[nH]c3ncnc(C4=CCN(C(=O)Nc5cccc(F)c5)CC4)c3c2C1. The van der Waals surface area contributed by atoms with E-state index in [1.165, 1.54) is 23.4 Å². The summed E-state index contributed by atoms with van der Waals surface area (Å²) in [6.45, 7) is 2.96. The van der Waals surface area contributed by atoms with E-state index in [-0.39, 0.29) is 11.8 Å². The van der Waals surface area contributed by atoms with Crippen LogP contribution in [0, 0.1) is 5.82 Å². The van der Waals surface area contributed by atoms with E-state index in [9.17, 15) is 9.18 Å². The molecule has 154 valence electrons. The average Bonchev–Trinajstić information content (AvgIpc) is 3.12. The van der Waals surface area contributed by atoms with E-state index >= 15 is 0 Å². The van der Waals surface area contributed by atoms with Gasteiger partial charge in [-0.3, -0.25) is 0 Å². The van der Waals surface area contributed by atoms with Gasteiger partial charge in [0.25, 0.3) is 0 Å². The number of nitrogens with one attached hydrogen (secondary N) is 2. The van der Waals surface area contributed by atoms with E-state index in [2.05, 4.69) is 38.3 Å². The maximum atomic E-state index is 13.4. The third-order valence-corrected chi connectivity index (χ3v) is 5.83. The zero-order valence-corrected chi connectivity index (χ0v) is 16.8. The molecule has 0 saturated heterocycles. The molecule has 0 radical (unpaired) electrons. The van der Waals surface area contributed by atoms with Crippen molar-refractivity contribution in [2.45, 2.75) is 19.4 Å². The molecule has 2 aliphatic heterocycles. The van der Waals surface area contributed by atoms with Gasteiger partial charge in [-0.05, 0) is 42.8 Å². The van der Waals surface area contributed by atoms with Crippen LogP contribution in [0.3, 0.4) is 0 Å². The quantitative estimate of drug-likeness (QED) is 0.684. The minimum Gasteiger partial charge on any atom is -0.343 e. The number of likely N-dealkylation sites (N-methyl/N-ethyl adjacent to an activating group) is 1.